The van der Waals surface area contributed by atoms with E-state index in [2.05, 4.69) is 5.32 Å². The summed E-state index contributed by atoms with van der Waals surface area (Å²) in [6.07, 6.45) is 4.36. The third kappa shape index (κ3) is 3.33. The molecule has 1 heterocycles. The van der Waals surface area contributed by atoms with Crippen LogP contribution in [0.3, 0.4) is 0 Å². The molecule has 5 heteroatoms. The number of aliphatic hydroxyl groups excluding tert-OH is 1. The first-order chi connectivity index (χ1) is 8.22. The Balaban J connectivity index is 1.81. The largest absolute Gasteiger partial charge is 0.395 e. The standard InChI is InChI=1S/C12H22N2O3/c1-9(11-3-2-8-17-11)13-12(16)14(6-7-15)10-4-5-10/h9-11,15H,2-8H2,1H3,(H,13,16). The lowest BCUT2D eigenvalue weighted by Gasteiger charge is -2.26. The molecule has 2 aliphatic rings. The van der Waals surface area contributed by atoms with E-state index >= 15 is 0 Å². The fourth-order valence-corrected chi connectivity index (χ4v) is 2.31. The first kappa shape index (κ1) is 12.6. The zero-order valence-corrected chi connectivity index (χ0v) is 10.4. The van der Waals surface area contributed by atoms with Crippen molar-refractivity contribution in [2.75, 3.05) is 19.8 Å². The SMILES string of the molecule is CC(NC(=O)N(CCO)C1CC1)C1CCCO1. The van der Waals surface area contributed by atoms with Crippen LogP contribution in [0.25, 0.3) is 0 Å². The Morgan fingerprint density at radius 2 is 2.29 bits per heavy atom. The molecule has 0 spiro atoms. The number of hydrogen-bond donors (Lipinski definition) is 2. The smallest absolute Gasteiger partial charge is 0.318 e. The van der Waals surface area contributed by atoms with Crippen molar-refractivity contribution in [2.24, 2.45) is 0 Å². The number of carbonyl (C=O) groups is 1. The minimum absolute atomic E-state index is 0.0260. The van der Waals surface area contributed by atoms with Gasteiger partial charge in [-0.2, -0.15) is 0 Å². The quantitative estimate of drug-likeness (QED) is 0.746. The predicted octanol–water partition coefficient (Wildman–Crippen LogP) is 0.720. The van der Waals surface area contributed by atoms with Gasteiger partial charge in [0.15, 0.2) is 0 Å². The number of aliphatic hydroxyl groups is 1. The van der Waals surface area contributed by atoms with E-state index in [0.29, 0.717) is 12.6 Å². The number of nitrogens with zero attached hydrogens (tertiary/aromatic N) is 1. The Bertz CT molecular complexity index is 262. The molecule has 1 saturated carbocycles. The van der Waals surface area contributed by atoms with Crippen LogP contribution in [0, 0.1) is 0 Å². The lowest BCUT2D eigenvalue weighted by atomic mass is 10.1. The molecule has 0 aromatic carbocycles. The summed E-state index contributed by atoms with van der Waals surface area (Å²) < 4.78 is 5.55. The molecule has 1 aliphatic heterocycles. The molecule has 1 aliphatic carbocycles. The Hall–Kier alpha value is -0.810. The minimum Gasteiger partial charge on any atom is -0.395 e. The molecule has 0 aromatic rings. The molecule has 2 amide bonds. The van der Waals surface area contributed by atoms with Gasteiger partial charge in [-0.05, 0) is 32.6 Å². The summed E-state index contributed by atoms with van der Waals surface area (Å²) in [4.78, 5) is 13.8. The molecule has 0 bridgehead atoms. The number of hydrogen-bond acceptors (Lipinski definition) is 3. The van der Waals surface area contributed by atoms with Crippen LogP contribution in [0.5, 0.6) is 0 Å². The van der Waals surface area contributed by atoms with Gasteiger partial charge in [0.25, 0.3) is 0 Å². The predicted molar refractivity (Wildman–Crippen MR) is 63.8 cm³/mol. The van der Waals surface area contributed by atoms with Crippen LogP contribution in [-0.4, -0.2) is 54.0 Å². The van der Waals surface area contributed by atoms with Crippen molar-refractivity contribution in [1.29, 1.82) is 0 Å². The third-order valence-corrected chi connectivity index (χ3v) is 3.46. The van der Waals surface area contributed by atoms with Gasteiger partial charge >= 0.3 is 6.03 Å². The second-order valence-corrected chi connectivity index (χ2v) is 4.94. The van der Waals surface area contributed by atoms with Gasteiger partial charge in [-0.15, -0.1) is 0 Å². The molecule has 0 aromatic heterocycles. The highest BCUT2D eigenvalue weighted by atomic mass is 16.5. The summed E-state index contributed by atoms with van der Waals surface area (Å²) >= 11 is 0. The van der Waals surface area contributed by atoms with Crippen LogP contribution in [0.15, 0.2) is 0 Å². The number of rotatable bonds is 5. The maximum atomic E-state index is 12.0. The Morgan fingerprint density at radius 3 is 2.82 bits per heavy atom. The van der Waals surface area contributed by atoms with E-state index in [1.807, 2.05) is 6.92 Å². The van der Waals surface area contributed by atoms with Gasteiger partial charge in [0.2, 0.25) is 0 Å². The van der Waals surface area contributed by atoms with Gasteiger partial charge in [0.1, 0.15) is 0 Å². The van der Waals surface area contributed by atoms with Crippen molar-refractivity contribution in [1.82, 2.24) is 10.2 Å². The fraction of sp³-hybridized carbons (Fsp3) is 0.917. The molecular formula is C12H22N2O3. The van der Waals surface area contributed by atoms with Gasteiger partial charge in [0, 0.05) is 19.2 Å². The van der Waals surface area contributed by atoms with Crippen molar-refractivity contribution in [3.05, 3.63) is 0 Å². The first-order valence-corrected chi connectivity index (χ1v) is 6.52. The van der Waals surface area contributed by atoms with Crippen LogP contribution in [0.4, 0.5) is 4.79 Å². The van der Waals surface area contributed by atoms with Crippen LogP contribution < -0.4 is 5.32 Å². The average molecular weight is 242 g/mol. The Morgan fingerprint density at radius 1 is 1.53 bits per heavy atom. The van der Waals surface area contributed by atoms with Gasteiger partial charge in [-0.25, -0.2) is 4.79 Å². The van der Waals surface area contributed by atoms with E-state index in [-0.39, 0.29) is 24.8 Å². The summed E-state index contributed by atoms with van der Waals surface area (Å²) in [5.74, 6) is 0. The monoisotopic (exact) mass is 242 g/mol. The molecule has 2 fully saturated rings. The summed E-state index contributed by atoms with van der Waals surface area (Å²) in [5, 5.41) is 11.9. The van der Waals surface area contributed by atoms with E-state index in [4.69, 9.17) is 9.84 Å². The fourth-order valence-electron chi connectivity index (χ4n) is 2.31. The normalized spacial score (nSPS) is 25.6. The molecule has 0 radical (unpaired) electrons. The maximum absolute atomic E-state index is 12.0. The average Bonchev–Trinajstić information content (AvgIpc) is 2.98. The van der Waals surface area contributed by atoms with Gasteiger partial charge in [-0.1, -0.05) is 0 Å². The second-order valence-electron chi connectivity index (χ2n) is 4.94. The zero-order chi connectivity index (χ0) is 12.3. The van der Waals surface area contributed by atoms with Crippen LogP contribution >= 0.6 is 0 Å². The second kappa shape index (κ2) is 5.69. The van der Waals surface area contributed by atoms with Gasteiger partial charge < -0.3 is 20.1 Å². The molecule has 17 heavy (non-hydrogen) atoms. The molecule has 2 atom stereocenters. The lowest BCUT2D eigenvalue weighted by molar-refractivity contribution is 0.0823. The highest BCUT2D eigenvalue weighted by molar-refractivity contribution is 5.75. The highest BCUT2D eigenvalue weighted by Gasteiger charge is 2.33. The van der Waals surface area contributed by atoms with Crippen molar-refractivity contribution >= 4 is 6.03 Å². The first-order valence-electron chi connectivity index (χ1n) is 6.52. The zero-order valence-electron chi connectivity index (χ0n) is 10.4. The van der Waals surface area contributed by atoms with Crippen LogP contribution in [0.1, 0.15) is 32.6 Å². The van der Waals surface area contributed by atoms with E-state index in [1.54, 1.807) is 4.90 Å². The van der Waals surface area contributed by atoms with E-state index in [1.165, 1.54) is 0 Å². The molecule has 5 nitrogen and oxygen atoms in total. The summed E-state index contributed by atoms with van der Waals surface area (Å²) in [7, 11) is 0. The number of urea groups is 1. The third-order valence-electron chi connectivity index (χ3n) is 3.46. The molecule has 98 valence electrons. The summed E-state index contributed by atoms with van der Waals surface area (Å²) in [5.41, 5.74) is 0. The number of amides is 2. The van der Waals surface area contributed by atoms with Crippen LogP contribution in [-0.2, 0) is 4.74 Å². The number of nitrogens with one attached hydrogen (secondary N) is 1. The van der Waals surface area contributed by atoms with E-state index < -0.39 is 0 Å². The van der Waals surface area contributed by atoms with E-state index in [9.17, 15) is 4.79 Å². The van der Waals surface area contributed by atoms with Crippen molar-refractivity contribution in [2.45, 2.75) is 50.8 Å². The van der Waals surface area contributed by atoms with Gasteiger partial charge in [0.05, 0.1) is 18.8 Å². The van der Waals surface area contributed by atoms with E-state index in [0.717, 1.165) is 32.3 Å². The van der Waals surface area contributed by atoms with Crippen molar-refractivity contribution < 1.29 is 14.6 Å². The summed E-state index contributed by atoms with van der Waals surface area (Å²) in [6, 6.07) is 0.313. The molecule has 2 N–H and O–H groups in total. The maximum Gasteiger partial charge on any atom is 0.318 e. The number of ether oxygens (including phenoxy) is 1. The van der Waals surface area contributed by atoms with Gasteiger partial charge in [-0.3, -0.25) is 0 Å². The Labute approximate surface area is 102 Å². The summed E-state index contributed by atoms with van der Waals surface area (Å²) in [6.45, 7) is 3.23. The molecule has 1 saturated heterocycles. The minimum atomic E-state index is -0.0652. The van der Waals surface area contributed by atoms with Crippen molar-refractivity contribution in [3.63, 3.8) is 0 Å². The van der Waals surface area contributed by atoms with Crippen molar-refractivity contribution in [3.8, 4) is 0 Å². The molecule has 2 rings (SSSR count). The molecular weight excluding hydrogens is 220 g/mol. The lowest BCUT2D eigenvalue weighted by Crippen LogP contribution is -2.49. The Kier molecular flexibility index (Phi) is 4.23. The van der Waals surface area contributed by atoms with Crippen LogP contribution in [0.2, 0.25) is 0 Å². The highest BCUT2D eigenvalue weighted by Crippen LogP contribution is 2.26. The topological polar surface area (TPSA) is 61.8 Å². The number of carbonyl (C=O) groups excluding carboxylic acids is 1. The molecule has 2 unspecified atom stereocenters.